The summed E-state index contributed by atoms with van der Waals surface area (Å²) in [6.07, 6.45) is 2.23. The highest BCUT2D eigenvalue weighted by molar-refractivity contribution is 7.92. The van der Waals surface area contributed by atoms with Crippen LogP contribution in [0.5, 0.6) is 5.75 Å². The number of aromatic nitrogens is 2. The molecule has 104 valence electrons. The molecule has 0 aliphatic carbocycles. The van der Waals surface area contributed by atoms with E-state index in [4.69, 9.17) is 4.74 Å². The van der Waals surface area contributed by atoms with Crippen LogP contribution in [-0.2, 0) is 16.4 Å². The first-order valence-corrected chi connectivity index (χ1v) is 7.55. The van der Waals surface area contributed by atoms with Crippen LogP contribution in [0.1, 0.15) is 5.56 Å². The molecule has 7 heteroatoms. The average Bonchev–Trinajstić information content (AvgIpc) is 2.94. The zero-order chi connectivity index (χ0) is 14.2. The van der Waals surface area contributed by atoms with Crippen molar-refractivity contribution in [2.75, 3.05) is 18.0 Å². The minimum atomic E-state index is -3.64. The van der Waals surface area contributed by atoms with E-state index in [1.807, 2.05) is 0 Å². The van der Waals surface area contributed by atoms with Gasteiger partial charge in [0.15, 0.2) is 5.82 Å². The van der Waals surface area contributed by atoms with Crippen molar-refractivity contribution in [3.63, 3.8) is 0 Å². The molecule has 0 radical (unpaired) electrons. The Bertz CT molecular complexity index is 732. The Kier molecular flexibility index (Phi) is 3.06. The number of sulfonamides is 1. The van der Waals surface area contributed by atoms with Gasteiger partial charge < -0.3 is 4.74 Å². The van der Waals surface area contributed by atoms with Gasteiger partial charge in [0.2, 0.25) is 0 Å². The maximum Gasteiger partial charge on any atom is 0.265 e. The Balaban J connectivity index is 2.00. The van der Waals surface area contributed by atoms with Gasteiger partial charge in [-0.25, -0.2) is 8.42 Å². The highest BCUT2D eigenvalue weighted by Gasteiger charge is 2.24. The summed E-state index contributed by atoms with van der Waals surface area (Å²) in [7, 11) is -2.18. The molecule has 0 atom stereocenters. The van der Waals surface area contributed by atoms with Crippen molar-refractivity contribution in [1.82, 2.24) is 10.2 Å². The van der Waals surface area contributed by atoms with Gasteiger partial charge in [-0.2, -0.15) is 5.10 Å². The van der Waals surface area contributed by atoms with Crippen molar-refractivity contribution in [2.45, 2.75) is 11.3 Å². The highest BCUT2D eigenvalue weighted by atomic mass is 32.2. The van der Waals surface area contributed by atoms with E-state index >= 15 is 0 Å². The molecule has 0 unspecified atom stereocenters. The van der Waals surface area contributed by atoms with Crippen LogP contribution in [-0.4, -0.2) is 32.3 Å². The third kappa shape index (κ3) is 2.09. The van der Waals surface area contributed by atoms with Crippen LogP contribution in [0, 0.1) is 0 Å². The van der Waals surface area contributed by atoms with Gasteiger partial charge in [0.25, 0.3) is 10.0 Å². The number of rotatable bonds is 3. The first-order valence-electron chi connectivity index (χ1n) is 6.11. The molecule has 0 bridgehead atoms. The van der Waals surface area contributed by atoms with Crippen LogP contribution in [0.3, 0.4) is 0 Å². The largest absolute Gasteiger partial charge is 0.493 e. The lowest BCUT2D eigenvalue weighted by Crippen LogP contribution is -2.27. The standard InChI is InChI=1S/C13H13N3O3S/c1-16(13-3-2-7-14-15-13)20(17,18)11-4-5-12-10(9-11)6-8-19-12/h2-5,7,9H,6,8H2,1H3. The van der Waals surface area contributed by atoms with Gasteiger partial charge >= 0.3 is 0 Å². The minimum Gasteiger partial charge on any atom is -0.493 e. The van der Waals surface area contributed by atoms with Crippen molar-refractivity contribution >= 4 is 15.8 Å². The van der Waals surface area contributed by atoms with Gasteiger partial charge in [0.05, 0.1) is 11.5 Å². The molecule has 3 rings (SSSR count). The number of hydrogen-bond donors (Lipinski definition) is 0. The molecule has 1 aliphatic rings. The summed E-state index contributed by atoms with van der Waals surface area (Å²) in [5.74, 6) is 1.04. The van der Waals surface area contributed by atoms with Crippen LogP contribution in [0.2, 0.25) is 0 Å². The third-order valence-electron chi connectivity index (χ3n) is 3.20. The second kappa shape index (κ2) is 4.75. The Morgan fingerprint density at radius 1 is 1.30 bits per heavy atom. The zero-order valence-corrected chi connectivity index (χ0v) is 11.7. The lowest BCUT2D eigenvalue weighted by atomic mass is 10.2. The monoisotopic (exact) mass is 291 g/mol. The van der Waals surface area contributed by atoms with Crippen molar-refractivity contribution in [1.29, 1.82) is 0 Å². The smallest absolute Gasteiger partial charge is 0.265 e. The molecule has 6 nitrogen and oxygen atoms in total. The number of anilines is 1. The zero-order valence-electron chi connectivity index (χ0n) is 10.9. The molecule has 0 saturated heterocycles. The number of hydrogen-bond acceptors (Lipinski definition) is 5. The van der Waals surface area contributed by atoms with Crippen molar-refractivity contribution in [2.24, 2.45) is 0 Å². The Labute approximate surface area is 117 Å². The van der Waals surface area contributed by atoms with Crippen LogP contribution in [0.15, 0.2) is 41.4 Å². The molecular weight excluding hydrogens is 278 g/mol. The molecular formula is C13H13N3O3S. The number of ether oxygens (including phenoxy) is 1. The van der Waals surface area contributed by atoms with E-state index in [0.717, 1.165) is 22.0 Å². The fraction of sp³-hybridized carbons (Fsp3) is 0.231. The van der Waals surface area contributed by atoms with E-state index < -0.39 is 10.0 Å². The van der Waals surface area contributed by atoms with Crippen LogP contribution in [0.25, 0.3) is 0 Å². The maximum atomic E-state index is 12.5. The fourth-order valence-corrected chi connectivity index (χ4v) is 3.26. The predicted molar refractivity (Wildman–Crippen MR) is 73.3 cm³/mol. The summed E-state index contributed by atoms with van der Waals surface area (Å²) in [4.78, 5) is 0.231. The van der Waals surface area contributed by atoms with Gasteiger partial charge in [-0.15, -0.1) is 5.10 Å². The molecule has 2 heterocycles. The normalized spacial score (nSPS) is 13.7. The second-order valence-electron chi connectivity index (χ2n) is 4.42. The van der Waals surface area contributed by atoms with Gasteiger partial charge in [-0.1, -0.05) is 0 Å². The molecule has 2 aromatic rings. The summed E-state index contributed by atoms with van der Waals surface area (Å²) in [5.41, 5.74) is 0.915. The first-order chi connectivity index (χ1) is 9.59. The van der Waals surface area contributed by atoms with Crippen molar-refractivity contribution in [3.8, 4) is 5.75 Å². The third-order valence-corrected chi connectivity index (χ3v) is 4.96. The quantitative estimate of drug-likeness (QED) is 0.850. The van der Waals surface area contributed by atoms with Crippen molar-refractivity contribution in [3.05, 3.63) is 42.1 Å². The summed E-state index contributed by atoms with van der Waals surface area (Å²) < 4.78 is 31.6. The minimum absolute atomic E-state index is 0.231. The van der Waals surface area contributed by atoms with Gasteiger partial charge in [-0.3, -0.25) is 4.31 Å². The van der Waals surface area contributed by atoms with Crippen molar-refractivity contribution < 1.29 is 13.2 Å². The van der Waals surface area contributed by atoms with Gasteiger partial charge in [0, 0.05) is 19.7 Å². The molecule has 0 N–H and O–H groups in total. The summed E-state index contributed by atoms with van der Waals surface area (Å²) in [6, 6.07) is 8.14. The second-order valence-corrected chi connectivity index (χ2v) is 6.39. The lowest BCUT2D eigenvalue weighted by molar-refractivity contribution is 0.356. The summed E-state index contributed by atoms with van der Waals surface area (Å²) >= 11 is 0. The molecule has 0 fully saturated rings. The first kappa shape index (κ1) is 12.9. The number of benzene rings is 1. The maximum absolute atomic E-state index is 12.5. The molecule has 1 aromatic carbocycles. The van der Waals surface area contributed by atoms with Crippen LogP contribution >= 0.6 is 0 Å². The Morgan fingerprint density at radius 3 is 2.90 bits per heavy atom. The number of nitrogens with zero attached hydrogens (tertiary/aromatic N) is 3. The molecule has 0 amide bonds. The van der Waals surface area contributed by atoms with E-state index in [1.165, 1.54) is 13.2 Å². The Hall–Kier alpha value is -2.15. The van der Waals surface area contributed by atoms with E-state index in [2.05, 4.69) is 10.2 Å². The lowest BCUT2D eigenvalue weighted by Gasteiger charge is -2.18. The fourth-order valence-electron chi connectivity index (χ4n) is 2.07. The molecule has 0 saturated carbocycles. The number of fused-ring (bicyclic) bond motifs is 1. The van der Waals surface area contributed by atoms with E-state index in [0.29, 0.717) is 6.61 Å². The average molecular weight is 291 g/mol. The topological polar surface area (TPSA) is 72.4 Å². The summed E-state index contributed by atoms with van der Waals surface area (Å²) in [6.45, 7) is 0.596. The molecule has 1 aromatic heterocycles. The summed E-state index contributed by atoms with van der Waals surface area (Å²) in [5, 5.41) is 7.51. The molecule has 1 aliphatic heterocycles. The van der Waals surface area contributed by atoms with Gasteiger partial charge in [0.1, 0.15) is 5.75 Å². The highest BCUT2D eigenvalue weighted by Crippen LogP contribution is 2.29. The SMILES string of the molecule is CN(c1cccnn1)S(=O)(=O)c1ccc2c(c1)CCO2. The van der Waals surface area contributed by atoms with Gasteiger partial charge in [-0.05, 0) is 35.9 Å². The molecule has 0 spiro atoms. The van der Waals surface area contributed by atoms with E-state index in [-0.39, 0.29) is 10.7 Å². The van der Waals surface area contributed by atoms with E-state index in [9.17, 15) is 8.42 Å². The molecule has 20 heavy (non-hydrogen) atoms. The van der Waals surface area contributed by atoms with Crippen LogP contribution in [0.4, 0.5) is 5.82 Å². The van der Waals surface area contributed by atoms with Crippen LogP contribution < -0.4 is 9.04 Å². The Morgan fingerprint density at radius 2 is 2.15 bits per heavy atom. The predicted octanol–water partition coefficient (Wildman–Crippen LogP) is 1.24. The van der Waals surface area contributed by atoms with E-state index in [1.54, 1.807) is 30.3 Å².